The Morgan fingerprint density at radius 3 is 2.82 bits per heavy atom. The minimum atomic E-state index is 0.743. The maximum absolute atomic E-state index is 3.56. The number of benzene rings is 1. The molecule has 2 aliphatic rings. The van der Waals surface area contributed by atoms with Crippen LogP contribution in [0.25, 0.3) is 0 Å². The summed E-state index contributed by atoms with van der Waals surface area (Å²) in [5.41, 5.74) is 3.09. The van der Waals surface area contributed by atoms with Crippen molar-refractivity contribution in [2.24, 2.45) is 5.92 Å². The van der Waals surface area contributed by atoms with E-state index in [0.717, 1.165) is 18.5 Å². The van der Waals surface area contributed by atoms with Crippen LogP contribution in [0, 0.1) is 5.92 Å². The summed E-state index contributed by atoms with van der Waals surface area (Å²) in [5.74, 6) is 0.825. The molecule has 1 saturated heterocycles. The van der Waals surface area contributed by atoms with Gasteiger partial charge in [-0.2, -0.15) is 0 Å². The van der Waals surface area contributed by atoms with E-state index in [1.807, 2.05) is 0 Å². The molecule has 2 heterocycles. The van der Waals surface area contributed by atoms with Gasteiger partial charge in [-0.05, 0) is 36.4 Å². The fourth-order valence-electron chi connectivity index (χ4n) is 3.23. The van der Waals surface area contributed by atoms with E-state index in [0.29, 0.717) is 0 Å². The highest BCUT2D eigenvalue weighted by Gasteiger charge is 2.26. The topological polar surface area (TPSA) is 15.3 Å². The van der Waals surface area contributed by atoms with Crippen LogP contribution < -0.4 is 5.32 Å². The Kier molecular flexibility index (Phi) is 3.17. The quantitative estimate of drug-likeness (QED) is 0.794. The van der Waals surface area contributed by atoms with Crippen molar-refractivity contribution < 1.29 is 0 Å². The molecule has 0 bridgehead atoms. The van der Waals surface area contributed by atoms with E-state index < -0.39 is 0 Å². The molecular weight excluding hydrogens is 208 g/mol. The number of fused-ring (bicyclic) bond motifs is 1. The van der Waals surface area contributed by atoms with Crippen molar-refractivity contribution in [3.63, 3.8) is 0 Å². The first-order valence-corrected chi connectivity index (χ1v) is 6.84. The second-order valence-electron chi connectivity index (χ2n) is 5.64. The fraction of sp³-hybridized carbons (Fsp3) is 0.600. The van der Waals surface area contributed by atoms with Crippen LogP contribution in [0.3, 0.4) is 0 Å². The van der Waals surface area contributed by atoms with Crippen LogP contribution in [0.15, 0.2) is 24.3 Å². The third kappa shape index (κ3) is 2.38. The molecule has 0 spiro atoms. The molecule has 92 valence electrons. The van der Waals surface area contributed by atoms with E-state index in [9.17, 15) is 0 Å². The van der Waals surface area contributed by atoms with Gasteiger partial charge in [0.1, 0.15) is 0 Å². The van der Waals surface area contributed by atoms with Crippen molar-refractivity contribution in [2.75, 3.05) is 19.6 Å². The molecule has 2 aliphatic heterocycles. The molecule has 1 aromatic rings. The maximum Gasteiger partial charge on any atom is 0.0240 e. The van der Waals surface area contributed by atoms with Gasteiger partial charge in [-0.25, -0.2) is 0 Å². The molecule has 0 radical (unpaired) electrons. The Morgan fingerprint density at radius 1 is 1.18 bits per heavy atom. The van der Waals surface area contributed by atoms with Crippen LogP contribution in [0.2, 0.25) is 0 Å². The van der Waals surface area contributed by atoms with Crippen LogP contribution in [0.4, 0.5) is 0 Å². The maximum atomic E-state index is 3.56. The Hall–Kier alpha value is -0.860. The van der Waals surface area contributed by atoms with Crippen LogP contribution >= 0.6 is 0 Å². The van der Waals surface area contributed by atoms with Crippen molar-refractivity contribution in [3.05, 3.63) is 35.4 Å². The predicted octanol–water partition coefficient (Wildman–Crippen LogP) is 2.04. The van der Waals surface area contributed by atoms with Gasteiger partial charge >= 0.3 is 0 Å². The molecule has 2 nitrogen and oxygen atoms in total. The third-order valence-electron chi connectivity index (χ3n) is 4.22. The molecule has 1 N–H and O–H groups in total. The average Bonchev–Trinajstić information content (AvgIpc) is 2.38. The number of hydrogen-bond acceptors (Lipinski definition) is 2. The molecule has 17 heavy (non-hydrogen) atoms. The van der Waals surface area contributed by atoms with E-state index in [1.165, 1.54) is 38.0 Å². The van der Waals surface area contributed by atoms with E-state index in [1.54, 1.807) is 5.56 Å². The van der Waals surface area contributed by atoms with E-state index >= 15 is 0 Å². The van der Waals surface area contributed by atoms with Gasteiger partial charge in [-0.3, -0.25) is 4.90 Å². The zero-order chi connectivity index (χ0) is 11.7. The van der Waals surface area contributed by atoms with E-state index in [4.69, 9.17) is 0 Å². The minimum Gasteiger partial charge on any atom is -0.315 e. The Balaban J connectivity index is 1.71. The number of nitrogens with zero attached hydrogens (tertiary/aromatic N) is 1. The summed E-state index contributed by atoms with van der Waals surface area (Å²) in [4.78, 5) is 2.67. The molecule has 0 aromatic heterocycles. The Morgan fingerprint density at radius 2 is 2.00 bits per heavy atom. The molecule has 2 heteroatoms. The first-order valence-electron chi connectivity index (χ1n) is 6.84. The molecule has 2 atom stereocenters. The highest BCUT2D eigenvalue weighted by atomic mass is 15.2. The van der Waals surface area contributed by atoms with Gasteiger partial charge in [0, 0.05) is 25.7 Å². The van der Waals surface area contributed by atoms with Crippen LogP contribution in [0.1, 0.15) is 24.5 Å². The average molecular weight is 230 g/mol. The molecule has 0 amide bonds. The zero-order valence-electron chi connectivity index (χ0n) is 10.7. The van der Waals surface area contributed by atoms with E-state index in [-0.39, 0.29) is 0 Å². The van der Waals surface area contributed by atoms with Crippen molar-refractivity contribution >= 4 is 0 Å². The third-order valence-corrected chi connectivity index (χ3v) is 4.22. The van der Waals surface area contributed by atoms with Gasteiger partial charge in [-0.1, -0.05) is 31.2 Å². The second-order valence-corrected chi connectivity index (χ2v) is 5.64. The lowest BCUT2D eigenvalue weighted by Crippen LogP contribution is -2.49. The number of piperidine rings is 1. The lowest BCUT2D eigenvalue weighted by Gasteiger charge is -2.39. The lowest BCUT2D eigenvalue weighted by atomic mass is 9.93. The largest absolute Gasteiger partial charge is 0.315 e. The standard InChI is InChI=1S/C15H22N2/c1-12-8-15(10-16-9-12)17-7-6-13-4-2-3-5-14(13)11-17/h2-5,12,15-16H,6-11H2,1H3. The Bertz CT molecular complexity index is 388. The molecule has 0 aliphatic carbocycles. The second kappa shape index (κ2) is 4.79. The first-order chi connectivity index (χ1) is 8.33. The summed E-state index contributed by atoms with van der Waals surface area (Å²) < 4.78 is 0. The van der Waals surface area contributed by atoms with Crippen molar-refractivity contribution in [1.29, 1.82) is 0 Å². The molecule has 3 rings (SSSR count). The molecule has 1 fully saturated rings. The molecular formula is C15H22N2. The highest BCUT2D eigenvalue weighted by Crippen LogP contribution is 2.23. The van der Waals surface area contributed by atoms with Crippen molar-refractivity contribution in [1.82, 2.24) is 10.2 Å². The van der Waals surface area contributed by atoms with Gasteiger partial charge in [0.15, 0.2) is 0 Å². The highest BCUT2D eigenvalue weighted by molar-refractivity contribution is 5.29. The minimum absolute atomic E-state index is 0.743. The monoisotopic (exact) mass is 230 g/mol. The summed E-state index contributed by atoms with van der Waals surface area (Å²) in [5, 5.41) is 3.56. The SMILES string of the molecule is CC1CNCC(N2CCc3ccccc3C2)C1. The summed E-state index contributed by atoms with van der Waals surface area (Å²) >= 11 is 0. The molecule has 2 unspecified atom stereocenters. The molecule has 0 saturated carbocycles. The van der Waals surface area contributed by atoms with Crippen LogP contribution in [-0.2, 0) is 13.0 Å². The van der Waals surface area contributed by atoms with Gasteiger partial charge in [0.2, 0.25) is 0 Å². The van der Waals surface area contributed by atoms with Crippen LogP contribution in [-0.4, -0.2) is 30.6 Å². The Labute approximate surface area is 104 Å². The number of nitrogens with one attached hydrogen (secondary N) is 1. The lowest BCUT2D eigenvalue weighted by molar-refractivity contribution is 0.132. The van der Waals surface area contributed by atoms with Gasteiger partial charge in [0.05, 0.1) is 0 Å². The summed E-state index contributed by atoms with van der Waals surface area (Å²) in [6.07, 6.45) is 2.58. The van der Waals surface area contributed by atoms with Crippen LogP contribution in [0.5, 0.6) is 0 Å². The van der Waals surface area contributed by atoms with Gasteiger partial charge in [0.25, 0.3) is 0 Å². The number of rotatable bonds is 1. The smallest absolute Gasteiger partial charge is 0.0240 e. The zero-order valence-corrected chi connectivity index (χ0v) is 10.7. The summed E-state index contributed by atoms with van der Waals surface area (Å²) in [6, 6.07) is 9.66. The summed E-state index contributed by atoms with van der Waals surface area (Å²) in [7, 11) is 0. The van der Waals surface area contributed by atoms with E-state index in [2.05, 4.69) is 41.4 Å². The fourth-order valence-corrected chi connectivity index (χ4v) is 3.23. The first kappa shape index (κ1) is 11.2. The van der Waals surface area contributed by atoms with Gasteiger partial charge < -0.3 is 5.32 Å². The number of hydrogen-bond donors (Lipinski definition) is 1. The summed E-state index contributed by atoms with van der Waals surface area (Å²) in [6.45, 7) is 7.11. The van der Waals surface area contributed by atoms with Crippen molar-refractivity contribution in [2.45, 2.75) is 32.4 Å². The van der Waals surface area contributed by atoms with Crippen molar-refractivity contribution in [3.8, 4) is 0 Å². The van der Waals surface area contributed by atoms with Gasteiger partial charge in [-0.15, -0.1) is 0 Å². The normalized spacial score (nSPS) is 29.9. The predicted molar refractivity (Wildman–Crippen MR) is 71.0 cm³/mol. The molecule has 1 aromatic carbocycles.